The molecule has 0 spiro atoms. The molecular weight excluding hydrogens is 276 g/mol. The second-order valence-corrected chi connectivity index (χ2v) is 4.96. The minimum atomic E-state index is -0.347. The van der Waals surface area contributed by atoms with Gasteiger partial charge in [-0.15, -0.1) is 0 Å². The monoisotopic (exact) mass is 296 g/mol. The van der Waals surface area contributed by atoms with E-state index in [1.54, 1.807) is 18.2 Å². The molecule has 3 heteroatoms. The largest absolute Gasteiger partial charge is 0.507 e. The highest BCUT2D eigenvalue weighted by molar-refractivity contribution is 5.89. The quantitative estimate of drug-likeness (QED) is 0.488. The number of unbranched alkanes of at least 4 members (excludes halogenated alkanes) is 1. The van der Waals surface area contributed by atoms with Crippen LogP contribution in [0.5, 0.6) is 5.75 Å². The lowest BCUT2D eigenvalue weighted by Gasteiger charge is -2.08. The standard InChI is InChI=1S/C19H20O3/c1-2-3-14-22-19(21)13-12-15-8-4-5-9-16(15)17-10-6-7-11-18(17)20/h4-13,20H,2-3,14H2,1H3/b13-12+. The lowest BCUT2D eigenvalue weighted by Crippen LogP contribution is -2.01. The summed E-state index contributed by atoms with van der Waals surface area (Å²) < 4.78 is 5.10. The van der Waals surface area contributed by atoms with Crippen LogP contribution < -0.4 is 0 Å². The fraction of sp³-hybridized carbons (Fsp3) is 0.211. The Labute approximate surface area is 130 Å². The lowest BCUT2D eigenvalue weighted by molar-refractivity contribution is -0.137. The summed E-state index contributed by atoms with van der Waals surface area (Å²) in [5.41, 5.74) is 2.47. The maximum Gasteiger partial charge on any atom is 0.330 e. The molecule has 0 aliphatic carbocycles. The molecule has 0 aliphatic heterocycles. The summed E-state index contributed by atoms with van der Waals surface area (Å²) in [6.45, 7) is 2.49. The first-order chi connectivity index (χ1) is 10.7. The first-order valence-electron chi connectivity index (χ1n) is 7.44. The van der Waals surface area contributed by atoms with Crippen LogP contribution in [0.4, 0.5) is 0 Å². The Hall–Kier alpha value is -2.55. The van der Waals surface area contributed by atoms with Gasteiger partial charge in [0.1, 0.15) is 5.75 Å². The summed E-state index contributed by atoms with van der Waals surface area (Å²) in [6, 6.07) is 14.8. The predicted octanol–water partition coefficient (Wildman–Crippen LogP) is 4.42. The lowest BCUT2D eigenvalue weighted by atomic mass is 9.98. The van der Waals surface area contributed by atoms with E-state index in [1.165, 1.54) is 6.08 Å². The number of phenolic OH excluding ortho intramolecular Hbond substituents is 1. The molecule has 0 aliphatic rings. The molecule has 2 aromatic rings. The molecule has 0 bridgehead atoms. The zero-order valence-electron chi connectivity index (χ0n) is 12.7. The van der Waals surface area contributed by atoms with E-state index in [9.17, 15) is 9.90 Å². The van der Waals surface area contributed by atoms with Crippen molar-refractivity contribution in [2.45, 2.75) is 19.8 Å². The molecule has 2 aromatic carbocycles. The molecule has 114 valence electrons. The van der Waals surface area contributed by atoms with Crippen molar-refractivity contribution in [2.75, 3.05) is 6.61 Å². The Kier molecular flexibility index (Phi) is 5.78. The van der Waals surface area contributed by atoms with Crippen molar-refractivity contribution in [3.8, 4) is 16.9 Å². The molecule has 0 heterocycles. The number of carbonyl (C=O) groups excluding carboxylic acids is 1. The van der Waals surface area contributed by atoms with Gasteiger partial charge in [-0.05, 0) is 29.7 Å². The molecule has 0 saturated heterocycles. The van der Waals surface area contributed by atoms with Crippen molar-refractivity contribution in [1.82, 2.24) is 0 Å². The van der Waals surface area contributed by atoms with E-state index in [0.717, 1.165) is 29.5 Å². The Morgan fingerprint density at radius 3 is 2.50 bits per heavy atom. The summed E-state index contributed by atoms with van der Waals surface area (Å²) in [5, 5.41) is 9.99. The highest BCUT2D eigenvalue weighted by atomic mass is 16.5. The van der Waals surface area contributed by atoms with Gasteiger partial charge in [-0.1, -0.05) is 55.8 Å². The van der Waals surface area contributed by atoms with E-state index in [0.29, 0.717) is 6.61 Å². The Morgan fingerprint density at radius 2 is 1.77 bits per heavy atom. The van der Waals surface area contributed by atoms with Gasteiger partial charge in [-0.3, -0.25) is 0 Å². The molecule has 0 atom stereocenters. The number of hydrogen-bond acceptors (Lipinski definition) is 3. The topological polar surface area (TPSA) is 46.5 Å². The predicted molar refractivity (Wildman–Crippen MR) is 88.4 cm³/mol. The number of esters is 1. The van der Waals surface area contributed by atoms with E-state index in [-0.39, 0.29) is 11.7 Å². The zero-order valence-corrected chi connectivity index (χ0v) is 12.7. The maximum atomic E-state index is 11.6. The molecule has 2 rings (SSSR count). The first kappa shape index (κ1) is 15.8. The van der Waals surface area contributed by atoms with Crippen molar-refractivity contribution in [2.24, 2.45) is 0 Å². The van der Waals surface area contributed by atoms with E-state index >= 15 is 0 Å². The maximum absolute atomic E-state index is 11.6. The fourth-order valence-corrected chi connectivity index (χ4v) is 2.11. The summed E-state index contributed by atoms with van der Waals surface area (Å²) >= 11 is 0. The summed E-state index contributed by atoms with van der Waals surface area (Å²) in [6.07, 6.45) is 5.01. The van der Waals surface area contributed by atoms with E-state index < -0.39 is 0 Å². The third-order valence-electron chi connectivity index (χ3n) is 3.30. The van der Waals surface area contributed by atoms with Gasteiger partial charge < -0.3 is 9.84 Å². The van der Waals surface area contributed by atoms with Gasteiger partial charge in [0.25, 0.3) is 0 Å². The van der Waals surface area contributed by atoms with Gasteiger partial charge in [-0.2, -0.15) is 0 Å². The smallest absolute Gasteiger partial charge is 0.330 e. The van der Waals surface area contributed by atoms with E-state index in [4.69, 9.17) is 4.74 Å². The van der Waals surface area contributed by atoms with Gasteiger partial charge >= 0.3 is 5.97 Å². The van der Waals surface area contributed by atoms with Gasteiger partial charge in [0.15, 0.2) is 0 Å². The molecule has 3 nitrogen and oxygen atoms in total. The van der Waals surface area contributed by atoms with Crippen LogP contribution in [0.3, 0.4) is 0 Å². The van der Waals surface area contributed by atoms with Crippen LogP contribution in [0.1, 0.15) is 25.3 Å². The molecule has 22 heavy (non-hydrogen) atoms. The van der Waals surface area contributed by atoms with Crippen LogP contribution in [0.2, 0.25) is 0 Å². The van der Waals surface area contributed by atoms with Crippen LogP contribution in [0.25, 0.3) is 17.2 Å². The summed E-state index contributed by atoms with van der Waals surface area (Å²) in [4.78, 5) is 11.6. The number of benzene rings is 2. The van der Waals surface area contributed by atoms with Crippen LogP contribution in [-0.4, -0.2) is 17.7 Å². The minimum absolute atomic E-state index is 0.217. The van der Waals surface area contributed by atoms with E-state index in [2.05, 4.69) is 0 Å². The number of carbonyl (C=O) groups is 1. The summed E-state index contributed by atoms with van der Waals surface area (Å²) in [5.74, 6) is -0.130. The Bertz CT molecular complexity index is 659. The number of para-hydroxylation sites is 1. The van der Waals surface area contributed by atoms with Crippen LogP contribution >= 0.6 is 0 Å². The van der Waals surface area contributed by atoms with Gasteiger partial charge in [0.05, 0.1) is 6.61 Å². The van der Waals surface area contributed by atoms with Crippen LogP contribution in [-0.2, 0) is 9.53 Å². The van der Waals surface area contributed by atoms with Crippen molar-refractivity contribution >= 4 is 12.0 Å². The number of ether oxygens (including phenoxy) is 1. The van der Waals surface area contributed by atoms with Crippen molar-refractivity contribution in [3.05, 3.63) is 60.2 Å². The van der Waals surface area contributed by atoms with Gasteiger partial charge in [0, 0.05) is 11.6 Å². The highest BCUT2D eigenvalue weighted by Crippen LogP contribution is 2.31. The number of phenols is 1. The molecule has 0 saturated carbocycles. The molecule has 0 radical (unpaired) electrons. The molecule has 0 unspecified atom stereocenters. The third kappa shape index (κ3) is 4.22. The third-order valence-corrected chi connectivity index (χ3v) is 3.30. The zero-order chi connectivity index (χ0) is 15.8. The number of aromatic hydroxyl groups is 1. The second kappa shape index (κ2) is 8.03. The average molecular weight is 296 g/mol. The van der Waals surface area contributed by atoms with Crippen LogP contribution in [0.15, 0.2) is 54.6 Å². The number of rotatable bonds is 6. The Morgan fingerprint density at radius 1 is 1.09 bits per heavy atom. The first-order valence-corrected chi connectivity index (χ1v) is 7.44. The Balaban J connectivity index is 2.19. The SMILES string of the molecule is CCCCOC(=O)/C=C/c1ccccc1-c1ccccc1O. The molecular formula is C19H20O3. The van der Waals surface area contributed by atoms with Crippen LogP contribution in [0, 0.1) is 0 Å². The molecule has 0 amide bonds. The normalized spacial score (nSPS) is 10.8. The fourth-order valence-electron chi connectivity index (χ4n) is 2.11. The highest BCUT2D eigenvalue weighted by Gasteiger charge is 2.07. The molecule has 0 aromatic heterocycles. The van der Waals surface area contributed by atoms with E-state index in [1.807, 2.05) is 43.3 Å². The number of hydrogen-bond donors (Lipinski definition) is 1. The van der Waals surface area contributed by atoms with Crippen molar-refractivity contribution < 1.29 is 14.6 Å². The van der Waals surface area contributed by atoms with Gasteiger partial charge in [0.2, 0.25) is 0 Å². The van der Waals surface area contributed by atoms with Crippen molar-refractivity contribution in [3.63, 3.8) is 0 Å². The summed E-state index contributed by atoms with van der Waals surface area (Å²) in [7, 11) is 0. The second-order valence-electron chi connectivity index (χ2n) is 4.96. The average Bonchev–Trinajstić information content (AvgIpc) is 2.54. The van der Waals surface area contributed by atoms with Crippen molar-refractivity contribution in [1.29, 1.82) is 0 Å². The molecule has 0 fully saturated rings. The minimum Gasteiger partial charge on any atom is -0.507 e. The molecule has 1 N–H and O–H groups in total. The van der Waals surface area contributed by atoms with Gasteiger partial charge in [-0.25, -0.2) is 4.79 Å².